The van der Waals surface area contributed by atoms with Crippen molar-refractivity contribution < 1.29 is 23.1 Å². The fourth-order valence-electron chi connectivity index (χ4n) is 0.417. The summed E-state index contributed by atoms with van der Waals surface area (Å²) in [5, 5.41) is 0. The average Bonchev–Trinajstić information content (AvgIpc) is 2.59. The molecule has 0 spiro atoms. The maximum atomic E-state index is 10.7. The second-order valence-corrected chi connectivity index (χ2v) is 2.83. The molecule has 56 valence electrons. The molecule has 2 fully saturated rings. The first-order valence-electron chi connectivity index (χ1n) is 2.88. The Morgan fingerprint density at radius 2 is 1.60 bits per heavy atom. The van der Waals surface area contributed by atoms with Gasteiger partial charge in [-0.1, -0.05) is 9.05 Å². The summed E-state index contributed by atoms with van der Waals surface area (Å²) in [5.41, 5.74) is 0. The van der Waals surface area contributed by atoms with Crippen LogP contribution in [-0.2, 0) is 23.1 Å². The Labute approximate surface area is 58.2 Å². The van der Waals surface area contributed by atoms with E-state index in [9.17, 15) is 4.57 Å². The summed E-state index contributed by atoms with van der Waals surface area (Å²) in [6.45, 7) is 1.02. The Kier molecular flexibility index (Phi) is 1.68. The molecule has 2 unspecified atom stereocenters. The van der Waals surface area contributed by atoms with E-state index in [-0.39, 0.29) is 12.6 Å². The van der Waals surface area contributed by atoms with Crippen LogP contribution >= 0.6 is 8.25 Å². The highest BCUT2D eigenvalue weighted by Gasteiger charge is 2.42. The van der Waals surface area contributed by atoms with Gasteiger partial charge in [0.2, 0.25) is 12.6 Å². The van der Waals surface area contributed by atoms with Crippen LogP contribution in [0.25, 0.3) is 0 Å². The maximum absolute atomic E-state index is 10.7. The van der Waals surface area contributed by atoms with E-state index in [1.165, 1.54) is 0 Å². The molecule has 0 N–H and O–H groups in total. The van der Waals surface area contributed by atoms with E-state index >= 15 is 0 Å². The lowest BCUT2D eigenvalue weighted by atomic mass is 10.9. The lowest BCUT2D eigenvalue weighted by molar-refractivity contribution is 0.117. The van der Waals surface area contributed by atoms with Gasteiger partial charge in [0.25, 0.3) is 0 Å². The maximum Gasteiger partial charge on any atom is 0.703 e. The molecule has 2 heterocycles. The van der Waals surface area contributed by atoms with E-state index in [4.69, 9.17) is 9.05 Å². The molecule has 0 radical (unpaired) electrons. The molecule has 2 atom stereocenters. The Hall–Kier alpha value is -0.0600. The smallest absolute Gasteiger partial charge is 0.341 e. The van der Waals surface area contributed by atoms with Crippen LogP contribution in [0.2, 0.25) is 0 Å². The van der Waals surface area contributed by atoms with Gasteiger partial charge in [0.15, 0.2) is 0 Å². The van der Waals surface area contributed by atoms with Crippen LogP contribution in [0.15, 0.2) is 0 Å². The standard InChI is InChI=1S/C4H6O5P/c5-10(8-3-1-6-3)9-4-2-7-4/h3-4H,1-2H2/q+1. The molecule has 0 aliphatic carbocycles. The summed E-state index contributed by atoms with van der Waals surface area (Å²) < 4.78 is 29.4. The van der Waals surface area contributed by atoms with Gasteiger partial charge in [-0.15, -0.1) is 0 Å². The highest BCUT2D eigenvalue weighted by Crippen LogP contribution is 2.35. The van der Waals surface area contributed by atoms with Crippen LogP contribution in [0.1, 0.15) is 0 Å². The van der Waals surface area contributed by atoms with Gasteiger partial charge in [0.05, 0.1) is 0 Å². The van der Waals surface area contributed by atoms with Crippen LogP contribution in [-0.4, -0.2) is 25.8 Å². The van der Waals surface area contributed by atoms with Gasteiger partial charge in [-0.25, -0.2) is 0 Å². The van der Waals surface area contributed by atoms with Crippen molar-refractivity contribution in [3.63, 3.8) is 0 Å². The molecule has 6 heteroatoms. The van der Waals surface area contributed by atoms with Crippen molar-refractivity contribution in [2.24, 2.45) is 0 Å². The van der Waals surface area contributed by atoms with Crippen LogP contribution in [0.5, 0.6) is 0 Å². The molecule has 0 aromatic heterocycles. The van der Waals surface area contributed by atoms with Gasteiger partial charge >= 0.3 is 8.25 Å². The first-order chi connectivity index (χ1) is 4.84. The van der Waals surface area contributed by atoms with Gasteiger partial charge in [-0.2, -0.15) is 0 Å². The third kappa shape index (κ3) is 1.97. The van der Waals surface area contributed by atoms with E-state index in [1.54, 1.807) is 0 Å². The van der Waals surface area contributed by atoms with Crippen molar-refractivity contribution >= 4 is 8.25 Å². The number of rotatable bonds is 4. The molecule has 0 saturated carbocycles. The summed E-state index contributed by atoms with van der Waals surface area (Å²) in [6, 6.07) is 0. The highest BCUT2D eigenvalue weighted by atomic mass is 31.1. The predicted molar refractivity (Wildman–Crippen MR) is 29.3 cm³/mol. The zero-order valence-corrected chi connectivity index (χ0v) is 5.95. The minimum Gasteiger partial charge on any atom is -0.341 e. The molecule has 0 aromatic carbocycles. The Morgan fingerprint density at radius 1 is 1.20 bits per heavy atom. The van der Waals surface area contributed by atoms with Gasteiger partial charge in [0.1, 0.15) is 13.2 Å². The van der Waals surface area contributed by atoms with Gasteiger partial charge < -0.3 is 9.47 Å². The Bertz CT molecular complexity index is 136. The fraction of sp³-hybridized carbons (Fsp3) is 1.00. The van der Waals surface area contributed by atoms with E-state index in [0.29, 0.717) is 13.2 Å². The number of hydrogen-bond donors (Lipinski definition) is 0. The summed E-state index contributed by atoms with van der Waals surface area (Å²) in [4.78, 5) is 0. The Morgan fingerprint density at radius 3 is 1.90 bits per heavy atom. The monoisotopic (exact) mass is 165 g/mol. The van der Waals surface area contributed by atoms with E-state index in [2.05, 4.69) is 9.47 Å². The van der Waals surface area contributed by atoms with Crippen molar-refractivity contribution in [2.45, 2.75) is 12.6 Å². The van der Waals surface area contributed by atoms with Crippen LogP contribution in [0, 0.1) is 0 Å². The molecular formula is C4H6O5P+. The second kappa shape index (κ2) is 2.53. The quantitative estimate of drug-likeness (QED) is 0.445. The molecule has 0 amide bonds. The minimum absolute atomic E-state index is 0.317. The first kappa shape index (κ1) is 6.64. The zero-order valence-electron chi connectivity index (χ0n) is 5.06. The van der Waals surface area contributed by atoms with Gasteiger partial charge in [0, 0.05) is 4.57 Å². The van der Waals surface area contributed by atoms with Crippen LogP contribution in [0.4, 0.5) is 0 Å². The third-order valence-electron chi connectivity index (χ3n) is 1.01. The van der Waals surface area contributed by atoms with Gasteiger partial charge in [-0.05, 0) is 0 Å². The molecule has 2 saturated heterocycles. The molecule has 0 aromatic rings. The number of epoxide rings is 2. The van der Waals surface area contributed by atoms with Crippen LogP contribution < -0.4 is 0 Å². The average molecular weight is 165 g/mol. The molecule has 2 rings (SSSR count). The van der Waals surface area contributed by atoms with Crippen molar-refractivity contribution in [3.05, 3.63) is 0 Å². The summed E-state index contributed by atoms with van der Waals surface area (Å²) in [6.07, 6.45) is -0.635. The normalized spacial score (nSPS) is 37.4. The lowest BCUT2D eigenvalue weighted by Gasteiger charge is -1.79. The van der Waals surface area contributed by atoms with Crippen molar-refractivity contribution in [1.29, 1.82) is 0 Å². The minimum atomic E-state index is -2.03. The SMILES string of the molecule is O=[P+](OC1CO1)OC1CO1. The first-order valence-corrected chi connectivity index (χ1v) is 3.98. The highest BCUT2D eigenvalue weighted by molar-refractivity contribution is 7.33. The summed E-state index contributed by atoms with van der Waals surface area (Å²) >= 11 is 0. The molecular weight excluding hydrogens is 159 g/mol. The fourth-order valence-corrected chi connectivity index (χ4v) is 1.09. The van der Waals surface area contributed by atoms with E-state index < -0.39 is 8.25 Å². The number of ether oxygens (including phenoxy) is 2. The lowest BCUT2D eigenvalue weighted by Crippen LogP contribution is -1.90. The van der Waals surface area contributed by atoms with Crippen LogP contribution in [0.3, 0.4) is 0 Å². The zero-order chi connectivity index (χ0) is 6.97. The largest absolute Gasteiger partial charge is 0.703 e. The van der Waals surface area contributed by atoms with Gasteiger partial charge in [-0.3, -0.25) is 0 Å². The molecule has 2 aliphatic heterocycles. The molecule has 0 bridgehead atoms. The summed E-state index contributed by atoms with van der Waals surface area (Å²) in [7, 11) is -2.03. The topological polar surface area (TPSA) is 60.6 Å². The van der Waals surface area contributed by atoms with Crippen molar-refractivity contribution in [3.8, 4) is 0 Å². The second-order valence-electron chi connectivity index (χ2n) is 1.96. The molecule has 10 heavy (non-hydrogen) atoms. The van der Waals surface area contributed by atoms with E-state index in [0.717, 1.165) is 0 Å². The Balaban J connectivity index is 1.64. The number of hydrogen-bond acceptors (Lipinski definition) is 5. The third-order valence-corrected chi connectivity index (χ3v) is 1.83. The predicted octanol–water partition coefficient (Wildman–Crippen LogP) is 0.390. The molecule has 5 nitrogen and oxygen atoms in total. The van der Waals surface area contributed by atoms with Crippen molar-refractivity contribution in [2.75, 3.05) is 13.2 Å². The van der Waals surface area contributed by atoms with E-state index in [1.807, 2.05) is 0 Å². The summed E-state index contributed by atoms with van der Waals surface area (Å²) in [5.74, 6) is 0. The van der Waals surface area contributed by atoms with Crippen molar-refractivity contribution in [1.82, 2.24) is 0 Å². The molecule has 2 aliphatic rings.